The molecule has 2 nitrogen and oxygen atoms in total. The minimum Gasteiger partial charge on any atom is -0.248 e. The fourth-order valence-electron chi connectivity index (χ4n) is 6.56. The van der Waals surface area contributed by atoms with Crippen molar-refractivity contribution in [3.05, 3.63) is 152 Å². The zero-order valence-electron chi connectivity index (χ0n) is 24.2. The van der Waals surface area contributed by atoms with Crippen molar-refractivity contribution in [1.82, 2.24) is 9.97 Å². The van der Waals surface area contributed by atoms with Gasteiger partial charge in [-0.3, -0.25) is 0 Å². The molecule has 2 aliphatic heterocycles. The smallest absolute Gasteiger partial charge is 0.247 e. The van der Waals surface area contributed by atoms with Gasteiger partial charge in [0.1, 0.15) is 0 Å². The van der Waals surface area contributed by atoms with Crippen LogP contribution in [0.4, 0.5) is 0 Å². The third-order valence-electron chi connectivity index (χ3n) is 8.63. The number of hydrogen-bond donors (Lipinski definition) is 0. The molecule has 45 heavy (non-hydrogen) atoms. The summed E-state index contributed by atoms with van der Waals surface area (Å²) >= 11 is 3.76. The molecule has 5 aromatic carbocycles. The summed E-state index contributed by atoms with van der Waals surface area (Å²) < 4.78 is 0. The van der Waals surface area contributed by atoms with Gasteiger partial charge in [0.05, 0.1) is 22.8 Å². The first-order valence-electron chi connectivity index (χ1n) is 15.1. The standard InChI is InChI=1S/C40H25BN2S2/c1-3-13-26(14-4-1)32-19-11-21-34(42-32)28-25-29(35-22-12-20-33(43-35)27-15-5-2-6-16-27)40-38-39(28)44-36-23-9-7-17-30(36)41(38)31-18-8-10-24-37(31)45-40/h1-25H. The lowest BCUT2D eigenvalue weighted by atomic mass is 9.36. The average Bonchev–Trinajstić information content (AvgIpc) is 3.12. The van der Waals surface area contributed by atoms with Gasteiger partial charge in [-0.25, -0.2) is 9.97 Å². The van der Waals surface area contributed by atoms with Crippen LogP contribution in [0.3, 0.4) is 0 Å². The number of benzene rings is 5. The Balaban J connectivity index is 1.33. The molecule has 0 unspecified atom stereocenters. The second-order valence-corrected chi connectivity index (χ2v) is 13.4. The van der Waals surface area contributed by atoms with Crippen LogP contribution in [-0.4, -0.2) is 16.7 Å². The molecule has 0 aliphatic carbocycles. The highest BCUT2D eigenvalue weighted by Gasteiger charge is 2.40. The Bertz CT molecular complexity index is 2080. The van der Waals surface area contributed by atoms with E-state index in [4.69, 9.17) is 9.97 Å². The Morgan fingerprint density at radius 2 is 0.822 bits per heavy atom. The molecule has 0 fully saturated rings. The van der Waals surface area contributed by atoms with E-state index in [1.165, 1.54) is 36.0 Å². The molecule has 2 aliphatic rings. The topological polar surface area (TPSA) is 25.8 Å². The van der Waals surface area contributed by atoms with Crippen LogP contribution in [0, 0.1) is 0 Å². The van der Waals surface area contributed by atoms with E-state index in [-0.39, 0.29) is 6.71 Å². The van der Waals surface area contributed by atoms with Gasteiger partial charge in [-0.2, -0.15) is 0 Å². The molecule has 0 saturated heterocycles. The summed E-state index contributed by atoms with van der Waals surface area (Å²) in [6.45, 7) is 0.137. The zero-order chi connectivity index (χ0) is 29.7. The molecule has 0 spiro atoms. The SMILES string of the molecule is c1ccc(-c2cccc(-c3cc(-c4cccc(-c5ccccc5)n4)c4c5c3Sc3ccccc3B5c3ccccc3S4)n2)cc1. The molecule has 210 valence electrons. The van der Waals surface area contributed by atoms with E-state index >= 15 is 0 Å². The molecular weight excluding hydrogens is 583 g/mol. The van der Waals surface area contributed by atoms with Crippen molar-refractivity contribution in [2.24, 2.45) is 0 Å². The monoisotopic (exact) mass is 608 g/mol. The number of hydrogen-bond acceptors (Lipinski definition) is 4. The minimum atomic E-state index is 0.137. The Morgan fingerprint density at radius 3 is 1.31 bits per heavy atom. The van der Waals surface area contributed by atoms with Gasteiger partial charge in [0.25, 0.3) is 0 Å². The van der Waals surface area contributed by atoms with E-state index in [1.807, 2.05) is 35.7 Å². The molecule has 5 heteroatoms. The highest BCUT2D eigenvalue weighted by molar-refractivity contribution is 8.01. The summed E-state index contributed by atoms with van der Waals surface area (Å²) in [5, 5.41) is 0. The lowest BCUT2D eigenvalue weighted by molar-refractivity contribution is 1.25. The van der Waals surface area contributed by atoms with Crippen molar-refractivity contribution in [3.8, 4) is 45.0 Å². The van der Waals surface area contributed by atoms with Gasteiger partial charge in [-0.1, -0.05) is 144 Å². The Labute approximate surface area is 271 Å². The van der Waals surface area contributed by atoms with Gasteiger partial charge in [-0.05, 0) is 47.9 Å². The van der Waals surface area contributed by atoms with Crippen molar-refractivity contribution < 1.29 is 0 Å². The molecule has 0 amide bonds. The van der Waals surface area contributed by atoms with Crippen LogP contribution in [-0.2, 0) is 0 Å². The van der Waals surface area contributed by atoms with E-state index in [0.29, 0.717) is 0 Å². The Hall–Kier alpha value is -4.84. The number of pyridine rings is 2. The molecule has 0 atom stereocenters. The van der Waals surface area contributed by atoms with E-state index in [1.54, 1.807) is 0 Å². The number of aromatic nitrogens is 2. The maximum atomic E-state index is 5.28. The first-order chi connectivity index (χ1) is 22.3. The quantitative estimate of drug-likeness (QED) is 0.187. The maximum absolute atomic E-state index is 5.28. The number of nitrogens with zero attached hydrogens (tertiary/aromatic N) is 2. The van der Waals surface area contributed by atoms with Crippen LogP contribution >= 0.6 is 23.5 Å². The first kappa shape index (κ1) is 26.6. The second-order valence-electron chi connectivity index (χ2n) is 11.3. The third kappa shape index (κ3) is 4.54. The van der Waals surface area contributed by atoms with Crippen molar-refractivity contribution in [1.29, 1.82) is 0 Å². The largest absolute Gasteiger partial charge is 0.248 e. The molecule has 0 N–H and O–H groups in total. The summed E-state index contributed by atoms with van der Waals surface area (Å²) in [7, 11) is 0. The first-order valence-corrected chi connectivity index (χ1v) is 16.8. The second kappa shape index (κ2) is 11.0. The minimum absolute atomic E-state index is 0.137. The number of fused-ring (bicyclic) bond motifs is 4. The fraction of sp³-hybridized carbons (Fsp3) is 0. The van der Waals surface area contributed by atoms with Gasteiger partial charge >= 0.3 is 0 Å². The van der Waals surface area contributed by atoms with Gasteiger partial charge < -0.3 is 0 Å². The number of rotatable bonds is 4. The Kier molecular flexibility index (Phi) is 6.46. The summed E-state index contributed by atoms with van der Waals surface area (Å²) in [4.78, 5) is 15.7. The van der Waals surface area contributed by atoms with Gasteiger partial charge in [0.15, 0.2) is 0 Å². The molecule has 4 heterocycles. The molecule has 0 saturated carbocycles. The maximum Gasteiger partial charge on any atom is 0.247 e. The van der Waals surface area contributed by atoms with E-state index < -0.39 is 0 Å². The molecular formula is C40H25BN2S2. The van der Waals surface area contributed by atoms with E-state index in [9.17, 15) is 0 Å². The normalized spacial score (nSPS) is 12.7. The predicted molar refractivity (Wildman–Crippen MR) is 190 cm³/mol. The van der Waals surface area contributed by atoms with Gasteiger partial charge in [0.2, 0.25) is 6.71 Å². The van der Waals surface area contributed by atoms with Crippen LogP contribution in [0.5, 0.6) is 0 Å². The summed E-state index contributed by atoms with van der Waals surface area (Å²) in [6.07, 6.45) is 0. The predicted octanol–water partition coefficient (Wildman–Crippen LogP) is 8.59. The van der Waals surface area contributed by atoms with Crippen molar-refractivity contribution >= 4 is 46.6 Å². The van der Waals surface area contributed by atoms with Crippen LogP contribution in [0.25, 0.3) is 45.0 Å². The summed E-state index contributed by atoms with van der Waals surface area (Å²) in [6, 6.07) is 53.8. The van der Waals surface area contributed by atoms with Crippen molar-refractivity contribution in [2.75, 3.05) is 0 Å². The highest BCUT2D eigenvalue weighted by atomic mass is 32.2. The summed E-state index contributed by atoms with van der Waals surface area (Å²) in [5.74, 6) is 0. The van der Waals surface area contributed by atoms with Gasteiger partial charge in [0, 0.05) is 41.8 Å². The zero-order valence-corrected chi connectivity index (χ0v) is 25.9. The van der Waals surface area contributed by atoms with Crippen LogP contribution in [0.15, 0.2) is 171 Å². The Morgan fingerprint density at radius 1 is 0.400 bits per heavy atom. The fourth-order valence-corrected chi connectivity index (χ4v) is 9.17. The average molecular weight is 609 g/mol. The van der Waals surface area contributed by atoms with Crippen LogP contribution in [0.1, 0.15) is 0 Å². The summed E-state index contributed by atoms with van der Waals surface area (Å²) in [5.41, 5.74) is 12.5. The van der Waals surface area contributed by atoms with Crippen LogP contribution < -0.4 is 16.4 Å². The van der Waals surface area contributed by atoms with E-state index in [2.05, 4.69) is 140 Å². The van der Waals surface area contributed by atoms with Crippen LogP contribution in [0.2, 0.25) is 0 Å². The lowest BCUT2D eigenvalue weighted by Crippen LogP contribution is -2.58. The molecule has 9 rings (SSSR count). The lowest BCUT2D eigenvalue weighted by Gasteiger charge is -2.35. The molecule has 0 bridgehead atoms. The molecule has 2 aromatic heterocycles. The van der Waals surface area contributed by atoms with Gasteiger partial charge in [-0.15, -0.1) is 0 Å². The van der Waals surface area contributed by atoms with Crippen molar-refractivity contribution in [3.63, 3.8) is 0 Å². The third-order valence-corrected chi connectivity index (χ3v) is 11.1. The molecule has 0 radical (unpaired) electrons. The highest BCUT2D eigenvalue weighted by Crippen LogP contribution is 2.47. The van der Waals surface area contributed by atoms with Crippen molar-refractivity contribution in [2.45, 2.75) is 19.6 Å². The van der Waals surface area contributed by atoms with E-state index in [0.717, 1.165) is 45.0 Å². The molecule has 7 aromatic rings.